The molecule has 1 atom stereocenters. The maximum Gasteiger partial charge on any atom is 0.251 e. The van der Waals surface area contributed by atoms with Gasteiger partial charge in [-0.1, -0.05) is 37.3 Å². The van der Waals surface area contributed by atoms with E-state index in [0.717, 1.165) is 12.0 Å². The van der Waals surface area contributed by atoms with E-state index in [0.29, 0.717) is 17.7 Å². The third kappa shape index (κ3) is 4.76. The van der Waals surface area contributed by atoms with Gasteiger partial charge in [-0.2, -0.15) is 0 Å². The van der Waals surface area contributed by atoms with Crippen LogP contribution in [0, 0.1) is 13.8 Å². The summed E-state index contributed by atoms with van der Waals surface area (Å²) >= 11 is 0. The maximum absolute atomic E-state index is 12.7. The first kappa shape index (κ1) is 21.1. The number of nitrogens with zero attached hydrogens (tertiary/aromatic N) is 1. The van der Waals surface area contributed by atoms with Crippen molar-refractivity contribution in [3.8, 4) is 0 Å². The van der Waals surface area contributed by atoms with Gasteiger partial charge in [0.25, 0.3) is 5.91 Å². The lowest BCUT2D eigenvalue weighted by Crippen LogP contribution is -2.29. The van der Waals surface area contributed by atoms with Gasteiger partial charge in [-0.3, -0.25) is 4.79 Å². The van der Waals surface area contributed by atoms with E-state index in [9.17, 15) is 13.2 Å². The van der Waals surface area contributed by atoms with E-state index in [1.54, 1.807) is 13.0 Å². The number of carbonyl (C=O) groups is 1. The molecule has 2 aromatic carbocycles. The summed E-state index contributed by atoms with van der Waals surface area (Å²) in [6.07, 6.45) is 0.900. The quantitative estimate of drug-likeness (QED) is 0.790. The number of rotatable bonds is 7. The monoisotopic (exact) mass is 388 g/mol. The van der Waals surface area contributed by atoms with Gasteiger partial charge in [-0.25, -0.2) is 12.7 Å². The summed E-state index contributed by atoms with van der Waals surface area (Å²) in [5.74, 6) is -0.0469. The maximum atomic E-state index is 12.7. The minimum Gasteiger partial charge on any atom is -0.351 e. The van der Waals surface area contributed by atoms with Crippen LogP contribution in [0.2, 0.25) is 0 Å². The van der Waals surface area contributed by atoms with Crippen molar-refractivity contribution in [2.24, 2.45) is 0 Å². The van der Waals surface area contributed by atoms with Gasteiger partial charge in [-0.15, -0.1) is 0 Å². The van der Waals surface area contributed by atoms with E-state index >= 15 is 0 Å². The predicted octanol–water partition coefficient (Wildman–Crippen LogP) is 3.48. The second-order valence-electron chi connectivity index (χ2n) is 6.93. The van der Waals surface area contributed by atoms with Crippen LogP contribution in [0.5, 0.6) is 0 Å². The third-order valence-electron chi connectivity index (χ3n) is 4.91. The molecule has 0 spiro atoms. The fourth-order valence-corrected chi connectivity index (χ4v) is 4.18. The Kier molecular flexibility index (Phi) is 6.78. The standard InChI is InChI=1S/C21H28N2O3S/c1-6-17(18-10-8-7-9-11-18)14-22-21(24)19-12-15(2)16(3)20(13-19)27(25,26)23(4)5/h7-13,17H,6,14H2,1-5H3,(H,22,24). The molecule has 2 aromatic rings. The molecule has 0 bridgehead atoms. The summed E-state index contributed by atoms with van der Waals surface area (Å²) in [5.41, 5.74) is 2.98. The Morgan fingerprint density at radius 2 is 1.74 bits per heavy atom. The molecule has 0 aliphatic rings. The first-order valence-corrected chi connectivity index (χ1v) is 10.5. The van der Waals surface area contributed by atoms with E-state index < -0.39 is 10.0 Å². The molecule has 0 aliphatic carbocycles. The Balaban J connectivity index is 2.25. The molecule has 27 heavy (non-hydrogen) atoms. The average Bonchev–Trinajstić information content (AvgIpc) is 2.64. The minimum absolute atomic E-state index is 0.174. The van der Waals surface area contributed by atoms with Crippen molar-refractivity contribution in [3.05, 3.63) is 64.7 Å². The Bertz CT molecular complexity index is 907. The number of aryl methyl sites for hydroxylation is 1. The summed E-state index contributed by atoms with van der Waals surface area (Å²) in [4.78, 5) is 12.9. The lowest BCUT2D eigenvalue weighted by molar-refractivity contribution is 0.0950. The SMILES string of the molecule is CCC(CNC(=O)c1cc(C)c(C)c(S(=O)(=O)N(C)C)c1)c1ccccc1. The molecular weight excluding hydrogens is 360 g/mol. The highest BCUT2D eigenvalue weighted by Crippen LogP contribution is 2.24. The largest absolute Gasteiger partial charge is 0.351 e. The average molecular weight is 389 g/mol. The zero-order chi connectivity index (χ0) is 20.2. The van der Waals surface area contributed by atoms with Gasteiger partial charge in [-0.05, 0) is 49.1 Å². The van der Waals surface area contributed by atoms with Gasteiger partial charge in [0.15, 0.2) is 0 Å². The first-order valence-electron chi connectivity index (χ1n) is 9.05. The number of hydrogen-bond acceptors (Lipinski definition) is 3. The molecule has 1 unspecified atom stereocenters. The molecule has 0 saturated carbocycles. The number of carbonyl (C=O) groups excluding carboxylic acids is 1. The lowest BCUT2D eigenvalue weighted by Gasteiger charge is -2.18. The number of benzene rings is 2. The highest BCUT2D eigenvalue weighted by molar-refractivity contribution is 7.89. The van der Waals surface area contributed by atoms with Crippen LogP contribution in [0.15, 0.2) is 47.4 Å². The number of hydrogen-bond donors (Lipinski definition) is 1. The normalized spacial score (nSPS) is 12.8. The van der Waals surface area contributed by atoms with Crippen molar-refractivity contribution in [1.29, 1.82) is 0 Å². The van der Waals surface area contributed by atoms with Gasteiger partial charge in [0.2, 0.25) is 10.0 Å². The third-order valence-corrected chi connectivity index (χ3v) is 6.85. The van der Waals surface area contributed by atoms with Gasteiger partial charge in [0.05, 0.1) is 4.90 Å². The second-order valence-corrected chi connectivity index (χ2v) is 9.05. The number of sulfonamides is 1. The fourth-order valence-electron chi connectivity index (χ4n) is 2.96. The van der Waals surface area contributed by atoms with Gasteiger partial charge >= 0.3 is 0 Å². The molecule has 0 aromatic heterocycles. The molecule has 0 fully saturated rings. The summed E-state index contributed by atoms with van der Waals surface area (Å²) in [5, 5.41) is 2.96. The van der Waals surface area contributed by atoms with Crippen LogP contribution < -0.4 is 5.32 Å². The minimum atomic E-state index is -3.61. The molecule has 146 valence electrons. The van der Waals surface area contributed by atoms with Crippen LogP contribution in [0.3, 0.4) is 0 Å². The molecule has 0 heterocycles. The summed E-state index contributed by atoms with van der Waals surface area (Å²) < 4.78 is 26.3. The number of nitrogens with one attached hydrogen (secondary N) is 1. The van der Waals surface area contributed by atoms with E-state index in [1.807, 2.05) is 25.1 Å². The van der Waals surface area contributed by atoms with Crippen LogP contribution in [0.25, 0.3) is 0 Å². The van der Waals surface area contributed by atoms with Crippen molar-refractivity contribution in [1.82, 2.24) is 9.62 Å². The fraction of sp³-hybridized carbons (Fsp3) is 0.381. The van der Waals surface area contributed by atoms with Crippen molar-refractivity contribution in [2.75, 3.05) is 20.6 Å². The topological polar surface area (TPSA) is 66.5 Å². The predicted molar refractivity (Wildman–Crippen MR) is 109 cm³/mol. The van der Waals surface area contributed by atoms with Crippen molar-refractivity contribution >= 4 is 15.9 Å². The Hall–Kier alpha value is -2.18. The zero-order valence-electron chi connectivity index (χ0n) is 16.6. The molecule has 0 saturated heterocycles. The van der Waals surface area contributed by atoms with Gasteiger partial charge in [0, 0.05) is 32.1 Å². The van der Waals surface area contributed by atoms with Crippen molar-refractivity contribution in [3.63, 3.8) is 0 Å². The summed E-state index contributed by atoms with van der Waals surface area (Å²) in [7, 11) is -0.634. The highest BCUT2D eigenvalue weighted by Gasteiger charge is 2.23. The Morgan fingerprint density at radius 1 is 1.11 bits per heavy atom. The van der Waals surface area contributed by atoms with Crippen LogP contribution in [0.4, 0.5) is 0 Å². The molecule has 1 N–H and O–H groups in total. The second kappa shape index (κ2) is 8.67. The molecule has 0 radical (unpaired) electrons. The summed E-state index contributed by atoms with van der Waals surface area (Å²) in [6.45, 7) is 6.17. The molecule has 5 nitrogen and oxygen atoms in total. The van der Waals surface area contributed by atoms with E-state index in [-0.39, 0.29) is 16.7 Å². The zero-order valence-corrected chi connectivity index (χ0v) is 17.4. The molecule has 6 heteroatoms. The van der Waals surface area contributed by atoms with E-state index in [1.165, 1.54) is 30.0 Å². The van der Waals surface area contributed by atoms with Crippen LogP contribution in [-0.2, 0) is 10.0 Å². The van der Waals surface area contributed by atoms with Gasteiger partial charge in [0.1, 0.15) is 0 Å². The first-order chi connectivity index (χ1) is 12.7. The molecule has 1 amide bonds. The van der Waals surface area contributed by atoms with Crippen molar-refractivity contribution < 1.29 is 13.2 Å². The smallest absolute Gasteiger partial charge is 0.251 e. The summed E-state index contributed by atoms with van der Waals surface area (Å²) in [6, 6.07) is 13.3. The van der Waals surface area contributed by atoms with E-state index in [2.05, 4.69) is 24.4 Å². The van der Waals surface area contributed by atoms with Gasteiger partial charge < -0.3 is 5.32 Å². The lowest BCUT2D eigenvalue weighted by atomic mass is 9.96. The Morgan fingerprint density at radius 3 is 2.30 bits per heavy atom. The van der Waals surface area contributed by atoms with Crippen molar-refractivity contribution in [2.45, 2.75) is 38.0 Å². The van der Waals surface area contributed by atoms with Crippen LogP contribution >= 0.6 is 0 Å². The van der Waals surface area contributed by atoms with Crippen LogP contribution in [-0.4, -0.2) is 39.3 Å². The highest BCUT2D eigenvalue weighted by atomic mass is 32.2. The van der Waals surface area contributed by atoms with Crippen LogP contribution in [0.1, 0.15) is 46.3 Å². The Labute approximate surface area is 162 Å². The molecular formula is C21H28N2O3S. The molecule has 0 aliphatic heterocycles. The van der Waals surface area contributed by atoms with E-state index in [4.69, 9.17) is 0 Å². The molecule has 2 rings (SSSR count). The number of amides is 1.